The number of aromatic nitrogens is 2. The molecule has 1 aromatic heterocycles. The molecule has 6 heteroatoms. The van der Waals surface area contributed by atoms with E-state index >= 15 is 0 Å². The van der Waals surface area contributed by atoms with Crippen molar-refractivity contribution < 1.29 is 8.81 Å². The first-order valence-electron chi connectivity index (χ1n) is 8.56. The first-order chi connectivity index (χ1) is 11.5. The Hall–Kier alpha value is -1.95. The Balaban J connectivity index is 1.52. The molecule has 0 aliphatic carbocycles. The highest BCUT2D eigenvalue weighted by atomic mass is 19.1. The van der Waals surface area contributed by atoms with Gasteiger partial charge in [-0.2, -0.15) is 0 Å². The third-order valence-electron chi connectivity index (χ3n) is 4.64. The molecule has 0 bridgehead atoms. The molecular weight excluding hydrogens is 307 g/mol. The summed E-state index contributed by atoms with van der Waals surface area (Å²) >= 11 is 0. The Morgan fingerprint density at radius 3 is 2.46 bits per heavy atom. The smallest absolute Gasteiger partial charge is 0.230 e. The summed E-state index contributed by atoms with van der Waals surface area (Å²) in [6.07, 6.45) is 2.14. The number of anilines is 1. The summed E-state index contributed by atoms with van der Waals surface area (Å²) in [5.41, 5.74) is 1.09. The third-order valence-corrected chi connectivity index (χ3v) is 4.64. The highest BCUT2D eigenvalue weighted by Gasteiger charge is 2.24. The number of piperidine rings is 1. The van der Waals surface area contributed by atoms with E-state index in [4.69, 9.17) is 4.42 Å². The maximum atomic E-state index is 13.0. The summed E-state index contributed by atoms with van der Waals surface area (Å²) < 4.78 is 18.7. The Morgan fingerprint density at radius 2 is 1.88 bits per heavy atom. The van der Waals surface area contributed by atoms with Crippen molar-refractivity contribution in [2.45, 2.75) is 45.2 Å². The molecule has 1 saturated heterocycles. The second kappa shape index (κ2) is 7.30. The highest BCUT2D eigenvalue weighted by Crippen LogP contribution is 2.23. The summed E-state index contributed by atoms with van der Waals surface area (Å²) in [6.45, 7) is 6.72. The predicted molar refractivity (Wildman–Crippen MR) is 91.5 cm³/mol. The molecule has 1 fully saturated rings. The fourth-order valence-corrected chi connectivity index (χ4v) is 3.12. The summed E-state index contributed by atoms with van der Waals surface area (Å²) in [6, 6.07) is 7.25. The van der Waals surface area contributed by atoms with Crippen LogP contribution in [0, 0.1) is 5.82 Å². The molecule has 3 rings (SSSR count). The first-order valence-corrected chi connectivity index (χ1v) is 8.56. The Morgan fingerprint density at radius 1 is 1.21 bits per heavy atom. The number of hydrogen-bond acceptors (Lipinski definition) is 5. The van der Waals surface area contributed by atoms with Crippen molar-refractivity contribution in [3.63, 3.8) is 0 Å². The molecule has 0 radical (unpaired) electrons. The second-order valence-electron chi connectivity index (χ2n) is 6.80. The molecule has 0 unspecified atom stereocenters. The molecule has 1 aliphatic heterocycles. The van der Waals surface area contributed by atoms with Gasteiger partial charge in [0.2, 0.25) is 11.8 Å². The average Bonchev–Trinajstić information content (AvgIpc) is 3.04. The maximum absolute atomic E-state index is 13.0. The van der Waals surface area contributed by atoms with E-state index in [1.54, 1.807) is 0 Å². The van der Waals surface area contributed by atoms with Crippen LogP contribution in [0.4, 0.5) is 10.1 Å². The lowest BCUT2D eigenvalue weighted by Crippen LogP contribution is -2.43. The van der Waals surface area contributed by atoms with Crippen molar-refractivity contribution in [3.8, 4) is 0 Å². The standard InChI is InChI=1S/C18H25FN4O/c1-13(2)18-21-20-17(24-18)12-22(3)15-8-10-23(11-9-15)16-6-4-14(19)5-7-16/h4-7,13,15H,8-12H2,1-3H3. The molecule has 2 aromatic rings. The number of halogens is 1. The third kappa shape index (κ3) is 3.93. The van der Waals surface area contributed by atoms with Crippen LogP contribution in [-0.4, -0.2) is 41.3 Å². The maximum Gasteiger partial charge on any atom is 0.230 e. The Labute approximate surface area is 142 Å². The average molecular weight is 332 g/mol. The number of nitrogens with zero attached hydrogens (tertiary/aromatic N) is 4. The fraction of sp³-hybridized carbons (Fsp3) is 0.556. The summed E-state index contributed by atoms with van der Waals surface area (Å²) in [5.74, 6) is 1.45. The van der Waals surface area contributed by atoms with Crippen LogP contribution >= 0.6 is 0 Å². The Bertz CT molecular complexity index is 647. The van der Waals surface area contributed by atoms with Crippen molar-refractivity contribution in [1.29, 1.82) is 0 Å². The van der Waals surface area contributed by atoms with Crippen LogP contribution < -0.4 is 4.90 Å². The zero-order valence-corrected chi connectivity index (χ0v) is 14.6. The van der Waals surface area contributed by atoms with Gasteiger partial charge in [-0.1, -0.05) is 13.8 Å². The molecule has 5 nitrogen and oxygen atoms in total. The van der Waals surface area contributed by atoms with Gasteiger partial charge in [0.1, 0.15) is 5.82 Å². The monoisotopic (exact) mass is 332 g/mol. The predicted octanol–water partition coefficient (Wildman–Crippen LogP) is 3.43. The molecule has 0 spiro atoms. The van der Waals surface area contributed by atoms with E-state index in [9.17, 15) is 4.39 Å². The number of benzene rings is 1. The first kappa shape index (κ1) is 16.9. The zero-order valence-electron chi connectivity index (χ0n) is 14.6. The van der Waals surface area contributed by atoms with E-state index in [-0.39, 0.29) is 11.7 Å². The number of rotatable bonds is 5. The molecule has 0 atom stereocenters. The quantitative estimate of drug-likeness (QED) is 0.839. The molecule has 0 N–H and O–H groups in total. The fourth-order valence-electron chi connectivity index (χ4n) is 3.12. The van der Waals surface area contributed by atoms with Crippen LogP contribution in [0.1, 0.15) is 44.4 Å². The molecule has 130 valence electrons. The normalized spacial score (nSPS) is 16.3. The van der Waals surface area contributed by atoms with E-state index in [0.717, 1.165) is 31.6 Å². The van der Waals surface area contributed by atoms with E-state index in [0.29, 0.717) is 24.4 Å². The van der Waals surface area contributed by atoms with E-state index in [2.05, 4.69) is 27.0 Å². The van der Waals surface area contributed by atoms with Gasteiger partial charge in [0.15, 0.2) is 0 Å². The SMILES string of the molecule is CC(C)c1nnc(CN(C)C2CCN(c3ccc(F)cc3)CC2)o1. The lowest BCUT2D eigenvalue weighted by molar-refractivity contribution is 0.182. The summed E-state index contributed by atoms with van der Waals surface area (Å²) in [5, 5.41) is 8.23. The van der Waals surface area contributed by atoms with Crippen LogP contribution in [-0.2, 0) is 6.54 Å². The van der Waals surface area contributed by atoms with Gasteiger partial charge < -0.3 is 9.32 Å². The topological polar surface area (TPSA) is 45.4 Å². The van der Waals surface area contributed by atoms with Gasteiger partial charge in [0.25, 0.3) is 0 Å². The molecule has 24 heavy (non-hydrogen) atoms. The van der Waals surface area contributed by atoms with E-state index in [1.807, 2.05) is 26.0 Å². The molecule has 2 heterocycles. The minimum absolute atomic E-state index is 0.186. The largest absolute Gasteiger partial charge is 0.424 e. The van der Waals surface area contributed by atoms with Crippen molar-refractivity contribution >= 4 is 5.69 Å². The molecule has 1 aliphatic rings. The highest BCUT2D eigenvalue weighted by molar-refractivity contribution is 5.46. The minimum Gasteiger partial charge on any atom is -0.424 e. The molecular formula is C18H25FN4O. The van der Waals surface area contributed by atoms with Crippen molar-refractivity contribution in [1.82, 2.24) is 15.1 Å². The van der Waals surface area contributed by atoms with E-state index in [1.165, 1.54) is 12.1 Å². The van der Waals surface area contributed by atoms with Gasteiger partial charge in [0.05, 0.1) is 6.54 Å². The molecule has 0 saturated carbocycles. The van der Waals surface area contributed by atoms with Crippen LogP contribution in [0.25, 0.3) is 0 Å². The summed E-state index contributed by atoms with van der Waals surface area (Å²) in [7, 11) is 2.11. The van der Waals surface area contributed by atoms with Gasteiger partial charge >= 0.3 is 0 Å². The van der Waals surface area contributed by atoms with Crippen LogP contribution in [0.5, 0.6) is 0 Å². The zero-order chi connectivity index (χ0) is 17.1. The van der Waals surface area contributed by atoms with Gasteiger partial charge in [-0.3, -0.25) is 4.90 Å². The van der Waals surface area contributed by atoms with Crippen molar-refractivity contribution in [3.05, 3.63) is 41.9 Å². The molecule has 0 amide bonds. The minimum atomic E-state index is -0.186. The second-order valence-corrected chi connectivity index (χ2v) is 6.80. The van der Waals surface area contributed by atoms with Crippen LogP contribution in [0.3, 0.4) is 0 Å². The molecule has 1 aromatic carbocycles. The van der Waals surface area contributed by atoms with Gasteiger partial charge in [-0.05, 0) is 44.2 Å². The Kier molecular flexibility index (Phi) is 5.14. The van der Waals surface area contributed by atoms with Crippen LogP contribution in [0.2, 0.25) is 0 Å². The lowest BCUT2D eigenvalue weighted by atomic mass is 10.0. The lowest BCUT2D eigenvalue weighted by Gasteiger charge is -2.37. The van der Waals surface area contributed by atoms with Crippen molar-refractivity contribution in [2.24, 2.45) is 0 Å². The van der Waals surface area contributed by atoms with Gasteiger partial charge in [0, 0.05) is 30.7 Å². The van der Waals surface area contributed by atoms with E-state index < -0.39 is 0 Å². The van der Waals surface area contributed by atoms with Gasteiger partial charge in [-0.25, -0.2) is 4.39 Å². The summed E-state index contributed by atoms with van der Waals surface area (Å²) in [4.78, 5) is 4.60. The van der Waals surface area contributed by atoms with Crippen molar-refractivity contribution in [2.75, 3.05) is 25.0 Å². The van der Waals surface area contributed by atoms with Gasteiger partial charge in [-0.15, -0.1) is 10.2 Å². The van der Waals surface area contributed by atoms with Crippen LogP contribution in [0.15, 0.2) is 28.7 Å². The number of hydrogen-bond donors (Lipinski definition) is 0.